The van der Waals surface area contributed by atoms with E-state index in [9.17, 15) is 13.7 Å². The molecule has 2 aliphatic heterocycles. The number of benzene rings is 1. The summed E-state index contributed by atoms with van der Waals surface area (Å²) in [7, 11) is -3.03. The number of halogens is 1. The second kappa shape index (κ2) is 7.69. The van der Waals surface area contributed by atoms with Crippen LogP contribution in [-0.4, -0.2) is 53.4 Å². The number of piperidine rings is 1. The molecule has 0 saturated carbocycles. The third-order valence-corrected chi connectivity index (χ3v) is 6.74. The molecule has 1 saturated heterocycles. The highest BCUT2D eigenvalue weighted by Gasteiger charge is 2.47. The second-order valence-corrected chi connectivity index (χ2v) is 10.4. The fourth-order valence-corrected chi connectivity index (χ4v) is 4.76. The van der Waals surface area contributed by atoms with Crippen molar-refractivity contribution in [2.75, 3.05) is 25.1 Å². The minimum absolute atomic E-state index is 0.0431. The number of ether oxygens (including phenoxy) is 1. The maximum Gasteiger partial charge on any atom is 0.170 e. The van der Waals surface area contributed by atoms with E-state index in [1.54, 1.807) is 16.9 Å². The van der Waals surface area contributed by atoms with Crippen LogP contribution in [0.1, 0.15) is 35.8 Å². The summed E-state index contributed by atoms with van der Waals surface area (Å²) in [6.45, 7) is 2.52. The van der Waals surface area contributed by atoms with Gasteiger partial charge < -0.3 is 4.74 Å². The number of aromatic nitrogens is 3. The zero-order chi connectivity index (χ0) is 20.6. The quantitative estimate of drug-likeness (QED) is 0.708. The molecule has 4 rings (SSSR count). The molecule has 154 valence electrons. The Morgan fingerprint density at radius 1 is 1.38 bits per heavy atom. The van der Waals surface area contributed by atoms with Crippen LogP contribution in [0.15, 0.2) is 24.4 Å². The van der Waals surface area contributed by atoms with Crippen molar-refractivity contribution in [3.8, 4) is 6.07 Å². The topological polar surface area (TPSA) is 101 Å². The zero-order valence-corrected chi connectivity index (χ0v) is 17.7. The molecule has 1 aromatic carbocycles. The van der Waals surface area contributed by atoms with Crippen molar-refractivity contribution in [3.63, 3.8) is 0 Å². The fourth-order valence-electron chi connectivity index (χ4n) is 4.07. The number of likely N-dealkylation sites (tertiary alicyclic amines) is 1. The predicted molar refractivity (Wildman–Crippen MR) is 107 cm³/mol. The van der Waals surface area contributed by atoms with E-state index >= 15 is 0 Å². The first-order valence-electron chi connectivity index (χ1n) is 9.44. The number of hydrogen-bond acceptors (Lipinski definition) is 7. The minimum Gasteiger partial charge on any atom is -0.347 e. The van der Waals surface area contributed by atoms with Gasteiger partial charge in [0.2, 0.25) is 0 Å². The average Bonchev–Trinajstić information content (AvgIpc) is 3.24. The molecule has 0 radical (unpaired) electrons. The first kappa shape index (κ1) is 20.3. The lowest BCUT2D eigenvalue weighted by atomic mass is 9.83. The third-order valence-electron chi connectivity index (χ3n) is 5.58. The van der Waals surface area contributed by atoms with Gasteiger partial charge in [-0.2, -0.15) is 5.26 Å². The van der Waals surface area contributed by atoms with Crippen molar-refractivity contribution in [1.82, 2.24) is 19.9 Å². The number of fused-ring (bicyclic) bond motifs is 2. The summed E-state index contributed by atoms with van der Waals surface area (Å²) in [4.78, 5) is 2.27. The van der Waals surface area contributed by atoms with Gasteiger partial charge in [0.25, 0.3) is 0 Å². The number of nitriles is 1. The summed E-state index contributed by atoms with van der Waals surface area (Å²) in [5.41, 5.74) is 2.28. The summed E-state index contributed by atoms with van der Waals surface area (Å²) < 4.78 is 30.4. The van der Waals surface area contributed by atoms with E-state index in [0.29, 0.717) is 18.1 Å². The van der Waals surface area contributed by atoms with Crippen LogP contribution >= 0.6 is 11.6 Å². The van der Waals surface area contributed by atoms with Gasteiger partial charge in [0.05, 0.1) is 29.7 Å². The summed E-state index contributed by atoms with van der Waals surface area (Å²) in [5, 5.41) is 18.3. The van der Waals surface area contributed by atoms with Gasteiger partial charge >= 0.3 is 0 Å². The molecule has 0 amide bonds. The van der Waals surface area contributed by atoms with E-state index in [0.717, 1.165) is 42.8 Å². The molecule has 8 nitrogen and oxygen atoms in total. The lowest BCUT2D eigenvalue weighted by molar-refractivity contribution is -0.0934. The van der Waals surface area contributed by atoms with E-state index in [4.69, 9.17) is 16.3 Å². The molecule has 0 N–H and O–H groups in total. The van der Waals surface area contributed by atoms with Crippen LogP contribution in [0.25, 0.3) is 0 Å². The van der Waals surface area contributed by atoms with Gasteiger partial charge in [-0.15, -0.1) is 5.10 Å². The van der Waals surface area contributed by atoms with Crippen molar-refractivity contribution < 1.29 is 13.2 Å². The van der Waals surface area contributed by atoms with Gasteiger partial charge in [-0.3, -0.25) is 9.58 Å². The van der Waals surface area contributed by atoms with Gasteiger partial charge in [-0.1, -0.05) is 22.9 Å². The Balaban J connectivity index is 1.40. The first-order chi connectivity index (χ1) is 13.8. The molecule has 1 spiro atoms. The average molecular weight is 436 g/mol. The molecule has 2 aliphatic rings. The van der Waals surface area contributed by atoms with E-state index < -0.39 is 21.5 Å². The first-order valence-corrected chi connectivity index (χ1v) is 11.9. The van der Waals surface area contributed by atoms with E-state index in [1.807, 2.05) is 12.1 Å². The smallest absolute Gasteiger partial charge is 0.170 e. The molecule has 10 heteroatoms. The number of sulfone groups is 1. The molecular formula is C19H22ClN5O3S. The van der Waals surface area contributed by atoms with Crippen LogP contribution < -0.4 is 0 Å². The van der Waals surface area contributed by atoms with Crippen molar-refractivity contribution >= 4 is 21.4 Å². The van der Waals surface area contributed by atoms with Gasteiger partial charge in [0, 0.05) is 42.7 Å². The van der Waals surface area contributed by atoms with Crippen molar-refractivity contribution in [3.05, 3.63) is 46.2 Å². The largest absolute Gasteiger partial charge is 0.347 e. The van der Waals surface area contributed by atoms with Crippen LogP contribution in [0.4, 0.5) is 0 Å². The molecule has 1 atom stereocenters. The maximum absolute atomic E-state index is 11.3. The molecule has 0 bridgehead atoms. The molecule has 1 fully saturated rings. The maximum atomic E-state index is 11.3. The molecule has 1 aromatic heterocycles. The third kappa shape index (κ3) is 4.31. The highest BCUT2D eigenvalue weighted by molar-refractivity contribution is 7.90. The monoisotopic (exact) mass is 435 g/mol. The number of nitrogens with zero attached hydrogens (tertiary/aromatic N) is 5. The van der Waals surface area contributed by atoms with Gasteiger partial charge in [-0.05, 0) is 30.5 Å². The summed E-state index contributed by atoms with van der Waals surface area (Å²) in [6, 6.07) is 7.86. The molecule has 1 unspecified atom stereocenters. The van der Waals surface area contributed by atoms with Crippen molar-refractivity contribution in [2.45, 2.75) is 37.6 Å². The Kier molecular flexibility index (Phi) is 5.38. The fraction of sp³-hybridized carbons (Fsp3) is 0.526. The summed E-state index contributed by atoms with van der Waals surface area (Å²) in [6.07, 6.45) is 3.98. The second-order valence-electron chi connectivity index (χ2n) is 7.73. The Bertz CT molecular complexity index is 1050. The van der Waals surface area contributed by atoms with E-state index in [2.05, 4.69) is 21.3 Å². The van der Waals surface area contributed by atoms with Crippen LogP contribution in [0.3, 0.4) is 0 Å². The van der Waals surface area contributed by atoms with Gasteiger partial charge in [0.1, 0.15) is 9.84 Å². The summed E-state index contributed by atoms with van der Waals surface area (Å²) in [5.74, 6) is 0.0431. The zero-order valence-electron chi connectivity index (χ0n) is 16.1. The Hall–Kier alpha value is -1.99. The van der Waals surface area contributed by atoms with Crippen LogP contribution in [0.5, 0.6) is 0 Å². The van der Waals surface area contributed by atoms with Crippen LogP contribution in [0, 0.1) is 11.3 Å². The number of hydrogen-bond donors (Lipinski definition) is 0. The Labute approximate surface area is 174 Å². The molecule has 29 heavy (non-hydrogen) atoms. The minimum atomic E-state index is -3.03. The highest BCUT2D eigenvalue weighted by Crippen LogP contribution is 2.49. The molecular weight excluding hydrogens is 414 g/mol. The predicted octanol–water partition coefficient (Wildman–Crippen LogP) is 2.06. The Morgan fingerprint density at radius 3 is 2.83 bits per heavy atom. The van der Waals surface area contributed by atoms with Gasteiger partial charge in [-0.25, -0.2) is 8.42 Å². The molecule has 0 aliphatic carbocycles. The normalized spacial score (nSPS) is 21.2. The summed E-state index contributed by atoms with van der Waals surface area (Å²) >= 11 is 6.20. The molecule has 3 heterocycles. The number of aryl methyl sites for hydroxylation is 1. The van der Waals surface area contributed by atoms with Gasteiger partial charge in [0.15, 0.2) is 6.10 Å². The Morgan fingerprint density at radius 2 is 2.14 bits per heavy atom. The van der Waals surface area contributed by atoms with Crippen LogP contribution in [0.2, 0.25) is 5.02 Å². The van der Waals surface area contributed by atoms with E-state index in [1.165, 1.54) is 6.26 Å². The van der Waals surface area contributed by atoms with Crippen molar-refractivity contribution in [1.29, 1.82) is 5.26 Å². The highest BCUT2D eigenvalue weighted by atomic mass is 35.5. The van der Waals surface area contributed by atoms with E-state index in [-0.39, 0.29) is 5.75 Å². The lowest BCUT2D eigenvalue weighted by Crippen LogP contribution is -2.42. The molecule has 2 aromatic rings. The lowest BCUT2D eigenvalue weighted by Gasteiger charge is -2.39. The van der Waals surface area contributed by atoms with Crippen LogP contribution in [-0.2, 0) is 33.3 Å². The standard InChI is InChI=1S/C19H22ClN5O3S/c1-29(26,27)9-8-25-13-15(22-23-25)12-24-6-4-19(5-7-24)17-10-14(20)2-3-16(17)18(11-21)28-19/h2-3,10,13,18H,4-9,12H2,1H3. The SMILES string of the molecule is CS(=O)(=O)CCn1cc(CN2CCC3(CC2)OC(C#N)c2ccc(Cl)cc23)nn1. The number of rotatable bonds is 5. The van der Waals surface area contributed by atoms with Crippen molar-refractivity contribution in [2.24, 2.45) is 0 Å².